The number of carbonyl (C=O) groups excluding carboxylic acids is 2. The van der Waals surface area contributed by atoms with Crippen LogP contribution in [0.15, 0.2) is 17.1 Å². The Bertz CT molecular complexity index is 790. The summed E-state index contributed by atoms with van der Waals surface area (Å²) in [4.78, 5) is 28.5. The van der Waals surface area contributed by atoms with Gasteiger partial charge in [-0.1, -0.05) is 32.4 Å². The van der Waals surface area contributed by atoms with Crippen molar-refractivity contribution >= 4 is 43.8 Å². The Hall–Kier alpha value is -1.77. The Balaban J connectivity index is 3.15. The summed E-state index contributed by atoms with van der Waals surface area (Å²) in [5, 5.41) is -0.0125. The Kier molecular flexibility index (Phi) is 10.3. The molecule has 0 aromatic heterocycles. The SMILES string of the molecule is CCOC(=O)C(C=Nc1ccc(Cl)c(F)c1CCO[Si](C)(C)C(C)(C)C)C(=O)OCC. The fourth-order valence-electron chi connectivity index (χ4n) is 2.40. The molecule has 0 spiro atoms. The maximum Gasteiger partial charge on any atom is 0.325 e. The van der Waals surface area contributed by atoms with E-state index in [0.29, 0.717) is 6.61 Å². The average Bonchev–Trinajstić information content (AvgIpc) is 2.66. The van der Waals surface area contributed by atoms with E-state index >= 15 is 0 Å². The van der Waals surface area contributed by atoms with Gasteiger partial charge in [0.1, 0.15) is 5.82 Å². The minimum absolute atomic E-state index is 0.0212. The lowest BCUT2D eigenvalue weighted by Crippen LogP contribution is -2.41. The van der Waals surface area contributed by atoms with Crippen molar-refractivity contribution in [3.63, 3.8) is 0 Å². The van der Waals surface area contributed by atoms with Gasteiger partial charge in [0.25, 0.3) is 0 Å². The maximum atomic E-state index is 14.8. The van der Waals surface area contributed by atoms with Gasteiger partial charge in [-0.15, -0.1) is 0 Å². The fourth-order valence-corrected chi connectivity index (χ4v) is 3.63. The molecule has 0 aliphatic heterocycles. The Morgan fingerprint density at radius 3 is 2.19 bits per heavy atom. The van der Waals surface area contributed by atoms with E-state index < -0.39 is 32.0 Å². The van der Waals surface area contributed by atoms with E-state index in [0.717, 1.165) is 6.21 Å². The maximum absolute atomic E-state index is 14.8. The topological polar surface area (TPSA) is 74.2 Å². The first-order valence-electron chi connectivity index (χ1n) is 10.3. The molecule has 0 saturated carbocycles. The van der Waals surface area contributed by atoms with Gasteiger partial charge in [0, 0.05) is 18.4 Å². The molecule has 9 heteroatoms. The number of rotatable bonds is 10. The van der Waals surface area contributed by atoms with Crippen LogP contribution in [0.3, 0.4) is 0 Å². The second-order valence-electron chi connectivity index (χ2n) is 8.48. The van der Waals surface area contributed by atoms with Crippen molar-refractivity contribution in [2.45, 2.75) is 59.2 Å². The van der Waals surface area contributed by atoms with Crippen LogP contribution in [0, 0.1) is 11.7 Å². The molecule has 0 heterocycles. The Morgan fingerprint density at radius 2 is 1.71 bits per heavy atom. The van der Waals surface area contributed by atoms with E-state index in [1.165, 1.54) is 12.1 Å². The summed E-state index contributed by atoms with van der Waals surface area (Å²) >= 11 is 5.97. The molecule has 6 nitrogen and oxygen atoms in total. The highest BCUT2D eigenvalue weighted by Crippen LogP contribution is 2.37. The van der Waals surface area contributed by atoms with Gasteiger partial charge in [-0.2, -0.15) is 0 Å². The summed E-state index contributed by atoms with van der Waals surface area (Å²) in [6.45, 7) is 14.4. The number of carbonyl (C=O) groups is 2. The molecule has 0 unspecified atom stereocenters. The van der Waals surface area contributed by atoms with E-state index in [-0.39, 0.29) is 40.9 Å². The fraction of sp³-hybridized carbons (Fsp3) is 0.591. The normalized spacial score (nSPS) is 12.5. The average molecular weight is 474 g/mol. The van der Waals surface area contributed by atoms with Crippen LogP contribution >= 0.6 is 11.6 Å². The summed E-state index contributed by atoms with van der Waals surface area (Å²) in [5.41, 5.74) is 0.522. The van der Waals surface area contributed by atoms with Crippen molar-refractivity contribution in [1.82, 2.24) is 0 Å². The molecular weight excluding hydrogens is 441 g/mol. The smallest absolute Gasteiger partial charge is 0.325 e. The van der Waals surface area contributed by atoms with Crippen LogP contribution in [0.5, 0.6) is 0 Å². The number of halogens is 2. The largest absolute Gasteiger partial charge is 0.465 e. The minimum atomic E-state index is -2.01. The van der Waals surface area contributed by atoms with Gasteiger partial charge in [0.15, 0.2) is 14.2 Å². The molecule has 1 rings (SSSR count). The third-order valence-corrected chi connectivity index (χ3v) is 10.1. The number of aliphatic imine (C=N–C) groups is 1. The van der Waals surface area contributed by atoms with Crippen LogP contribution < -0.4 is 0 Å². The second kappa shape index (κ2) is 11.7. The molecule has 0 aliphatic carbocycles. The van der Waals surface area contributed by atoms with E-state index in [9.17, 15) is 14.0 Å². The number of hydrogen-bond donors (Lipinski definition) is 0. The number of nitrogens with zero attached hydrogens (tertiary/aromatic N) is 1. The standard InChI is InChI=1S/C22H33ClFNO5Si/c1-8-28-20(26)16(21(27)29-9-2)14-25-18-11-10-17(23)19(24)15(18)12-13-30-31(6,7)22(3,4)5/h10-11,14,16H,8-9,12-13H2,1-7H3. The molecule has 0 radical (unpaired) electrons. The summed E-state index contributed by atoms with van der Waals surface area (Å²) in [6.07, 6.45) is 1.37. The molecule has 1 aromatic rings. The van der Waals surface area contributed by atoms with Crippen molar-refractivity contribution in [3.8, 4) is 0 Å². The van der Waals surface area contributed by atoms with Crippen molar-refractivity contribution in [1.29, 1.82) is 0 Å². The van der Waals surface area contributed by atoms with Crippen LogP contribution in [0.2, 0.25) is 23.2 Å². The predicted molar refractivity (Wildman–Crippen MR) is 123 cm³/mol. The van der Waals surface area contributed by atoms with Crippen LogP contribution in [0.4, 0.5) is 10.1 Å². The lowest BCUT2D eigenvalue weighted by molar-refractivity contribution is -0.157. The number of ether oxygens (including phenoxy) is 2. The number of benzene rings is 1. The van der Waals surface area contributed by atoms with E-state index in [1.807, 2.05) is 0 Å². The molecule has 0 bridgehead atoms. The van der Waals surface area contributed by atoms with Crippen molar-refractivity contribution < 1.29 is 27.9 Å². The highest BCUT2D eigenvalue weighted by Gasteiger charge is 2.37. The lowest BCUT2D eigenvalue weighted by Gasteiger charge is -2.36. The van der Waals surface area contributed by atoms with Crippen molar-refractivity contribution in [2.75, 3.05) is 19.8 Å². The molecule has 0 amide bonds. The molecule has 174 valence electrons. The molecular formula is C22H33ClFNO5Si. The third kappa shape index (κ3) is 7.70. The zero-order valence-electron chi connectivity index (χ0n) is 19.4. The first kappa shape index (κ1) is 27.3. The molecule has 0 atom stereocenters. The predicted octanol–water partition coefficient (Wildman–Crippen LogP) is 5.49. The number of esters is 2. The molecule has 0 saturated heterocycles. The van der Waals surface area contributed by atoms with Gasteiger partial charge >= 0.3 is 11.9 Å². The van der Waals surface area contributed by atoms with Crippen molar-refractivity contribution in [3.05, 3.63) is 28.5 Å². The summed E-state index contributed by atoms with van der Waals surface area (Å²) in [7, 11) is -2.01. The van der Waals surface area contributed by atoms with Gasteiger partial charge in [-0.25, -0.2) is 4.39 Å². The van der Waals surface area contributed by atoms with E-state index in [1.54, 1.807) is 13.8 Å². The van der Waals surface area contributed by atoms with Crippen LogP contribution in [0.1, 0.15) is 40.2 Å². The zero-order valence-corrected chi connectivity index (χ0v) is 21.1. The van der Waals surface area contributed by atoms with E-state index in [2.05, 4.69) is 38.9 Å². The van der Waals surface area contributed by atoms with Crippen molar-refractivity contribution in [2.24, 2.45) is 10.9 Å². The van der Waals surface area contributed by atoms with Crippen LogP contribution in [0.25, 0.3) is 0 Å². The third-order valence-electron chi connectivity index (χ3n) is 5.24. The van der Waals surface area contributed by atoms with Crippen LogP contribution in [-0.4, -0.2) is 46.3 Å². The first-order valence-corrected chi connectivity index (χ1v) is 13.6. The molecule has 0 fully saturated rings. The summed E-state index contributed by atoms with van der Waals surface area (Å²) < 4.78 is 30.8. The van der Waals surface area contributed by atoms with E-state index in [4.69, 9.17) is 25.5 Å². The monoisotopic (exact) mass is 473 g/mol. The number of hydrogen-bond acceptors (Lipinski definition) is 6. The first-order chi connectivity index (χ1) is 14.4. The van der Waals surface area contributed by atoms with Gasteiger partial charge < -0.3 is 13.9 Å². The Labute approximate surface area is 190 Å². The summed E-state index contributed by atoms with van der Waals surface area (Å²) in [6, 6.07) is 2.92. The van der Waals surface area contributed by atoms with Crippen LogP contribution in [-0.2, 0) is 29.9 Å². The molecule has 31 heavy (non-hydrogen) atoms. The van der Waals surface area contributed by atoms with Gasteiger partial charge in [0.2, 0.25) is 0 Å². The molecule has 0 N–H and O–H groups in total. The zero-order chi connectivity index (χ0) is 23.8. The minimum Gasteiger partial charge on any atom is -0.465 e. The van der Waals surface area contributed by atoms with Gasteiger partial charge in [-0.05, 0) is 50.5 Å². The highest BCUT2D eigenvalue weighted by atomic mass is 35.5. The second-order valence-corrected chi connectivity index (χ2v) is 13.7. The lowest BCUT2D eigenvalue weighted by atomic mass is 10.1. The highest BCUT2D eigenvalue weighted by molar-refractivity contribution is 6.74. The summed E-state index contributed by atoms with van der Waals surface area (Å²) in [5.74, 6) is -3.49. The molecule has 1 aromatic carbocycles. The van der Waals surface area contributed by atoms with Gasteiger partial charge in [0.05, 0.1) is 23.9 Å². The quantitative estimate of drug-likeness (QED) is 0.194. The Morgan fingerprint density at radius 1 is 1.16 bits per heavy atom. The van der Waals surface area contributed by atoms with Gasteiger partial charge in [-0.3, -0.25) is 14.6 Å². The molecule has 0 aliphatic rings.